The molecule has 4 rings (SSSR count). The number of benzene rings is 1. The number of fused-ring (bicyclic) bond motifs is 1. The molecule has 0 unspecified atom stereocenters. The van der Waals surface area contributed by atoms with Crippen LogP contribution in [0.2, 0.25) is 0 Å². The number of anilines is 1. The molecule has 1 aliphatic carbocycles. The molecule has 1 saturated carbocycles. The van der Waals surface area contributed by atoms with E-state index in [0.29, 0.717) is 36.1 Å². The Morgan fingerprint density at radius 2 is 1.93 bits per heavy atom. The summed E-state index contributed by atoms with van der Waals surface area (Å²) in [5.41, 5.74) is 16.9. The van der Waals surface area contributed by atoms with Crippen LogP contribution >= 0.6 is 0 Å². The van der Waals surface area contributed by atoms with Gasteiger partial charge in [0.15, 0.2) is 17.0 Å². The van der Waals surface area contributed by atoms with E-state index in [4.69, 9.17) is 16.2 Å². The molecule has 0 amide bonds. The SMILES string of the molecule is CCOc1nc(N)c2ncn(Cc3ccc(/C(=C/N)C4CCCCC4)cc3)c2n1. The molecule has 0 spiro atoms. The maximum Gasteiger partial charge on any atom is 0.320 e. The molecular formula is C22H28N6O. The normalized spacial score (nSPS) is 15.7. The molecule has 7 nitrogen and oxygen atoms in total. The van der Waals surface area contributed by atoms with Gasteiger partial charge in [0.1, 0.15) is 0 Å². The third-order valence-corrected chi connectivity index (χ3v) is 5.61. The van der Waals surface area contributed by atoms with E-state index in [0.717, 1.165) is 5.56 Å². The molecule has 1 aromatic carbocycles. The van der Waals surface area contributed by atoms with Crippen molar-refractivity contribution < 1.29 is 4.74 Å². The van der Waals surface area contributed by atoms with Crippen LogP contribution < -0.4 is 16.2 Å². The summed E-state index contributed by atoms with van der Waals surface area (Å²) in [4.78, 5) is 13.0. The second-order valence-electron chi connectivity index (χ2n) is 7.52. The van der Waals surface area contributed by atoms with Gasteiger partial charge >= 0.3 is 6.01 Å². The van der Waals surface area contributed by atoms with Crippen LogP contribution in [0.5, 0.6) is 6.01 Å². The Bertz CT molecular complexity index is 1000. The first-order chi connectivity index (χ1) is 14.2. The Kier molecular flexibility index (Phi) is 5.64. The summed E-state index contributed by atoms with van der Waals surface area (Å²) < 4.78 is 7.38. The number of allylic oxidation sites excluding steroid dienone is 1. The Morgan fingerprint density at radius 3 is 2.62 bits per heavy atom. The second kappa shape index (κ2) is 8.51. The Balaban J connectivity index is 1.56. The minimum Gasteiger partial charge on any atom is -0.464 e. The van der Waals surface area contributed by atoms with Crippen LogP contribution in [0.4, 0.5) is 5.82 Å². The van der Waals surface area contributed by atoms with Crippen LogP contribution in [-0.2, 0) is 6.54 Å². The van der Waals surface area contributed by atoms with Crippen LogP contribution in [0, 0.1) is 5.92 Å². The fraction of sp³-hybridized carbons (Fsp3) is 0.409. The van der Waals surface area contributed by atoms with Gasteiger partial charge in [-0.05, 0) is 48.6 Å². The third-order valence-electron chi connectivity index (χ3n) is 5.61. The predicted molar refractivity (Wildman–Crippen MR) is 115 cm³/mol. The molecule has 7 heteroatoms. The number of ether oxygens (including phenoxy) is 1. The van der Waals surface area contributed by atoms with Crippen molar-refractivity contribution in [3.8, 4) is 6.01 Å². The molecule has 29 heavy (non-hydrogen) atoms. The van der Waals surface area contributed by atoms with Crippen LogP contribution in [0.3, 0.4) is 0 Å². The van der Waals surface area contributed by atoms with Gasteiger partial charge in [0.2, 0.25) is 0 Å². The van der Waals surface area contributed by atoms with E-state index in [-0.39, 0.29) is 6.01 Å². The molecule has 0 bridgehead atoms. The zero-order chi connectivity index (χ0) is 20.2. The van der Waals surface area contributed by atoms with E-state index in [1.165, 1.54) is 43.2 Å². The largest absolute Gasteiger partial charge is 0.464 e. The van der Waals surface area contributed by atoms with Gasteiger partial charge in [-0.1, -0.05) is 43.5 Å². The van der Waals surface area contributed by atoms with Crippen LogP contribution in [-0.4, -0.2) is 26.1 Å². The highest BCUT2D eigenvalue weighted by atomic mass is 16.5. The summed E-state index contributed by atoms with van der Waals surface area (Å²) >= 11 is 0. The first-order valence-electron chi connectivity index (χ1n) is 10.3. The lowest BCUT2D eigenvalue weighted by Gasteiger charge is -2.24. The van der Waals surface area contributed by atoms with Crippen molar-refractivity contribution in [1.82, 2.24) is 19.5 Å². The van der Waals surface area contributed by atoms with E-state index in [2.05, 4.69) is 39.2 Å². The summed E-state index contributed by atoms with van der Waals surface area (Å²) in [6.45, 7) is 3.02. The minimum absolute atomic E-state index is 0.278. The minimum atomic E-state index is 0.278. The van der Waals surface area contributed by atoms with Crippen molar-refractivity contribution in [1.29, 1.82) is 0 Å². The summed E-state index contributed by atoms with van der Waals surface area (Å²) in [5.74, 6) is 0.909. The molecule has 2 heterocycles. The van der Waals surface area contributed by atoms with Crippen LogP contribution in [0.15, 0.2) is 36.8 Å². The quantitative estimate of drug-likeness (QED) is 0.662. The molecule has 152 valence electrons. The number of nitrogen functional groups attached to an aromatic ring is 1. The average Bonchev–Trinajstić information content (AvgIpc) is 3.14. The van der Waals surface area contributed by atoms with Crippen molar-refractivity contribution in [2.24, 2.45) is 11.7 Å². The van der Waals surface area contributed by atoms with E-state index in [1.54, 1.807) is 12.5 Å². The van der Waals surface area contributed by atoms with Gasteiger partial charge in [0.05, 0.1) is 19.5 Å². The number of hydrogen-bond donors (Lipinski definition) is 2. The summed E-state index contributed by atoms with van der Waals surface area (Å²) in [5, 5.41) is 0. The van der Waals surface area contributed by atoms with Gasteiger partial charge in [-0.2, -0.15) is 9.97 Å². The monoisotopic (exact) mass is 392 g/mol. The van der Waals surface area contributed by atoms with Crippen molar-refractivity contribution in [2.75, 3.05) is 12.3 Å². The fourth-order valence-corrected chi connectivity index (χ4v) is 4.14. The van der Waals surface area contributed by atoms with Gasteiger partial charge in [-0.15, -0.1) is 0 Å². The third kappa shape index (κ3) is 4.04. The second-order valence-corrected chi connectivity index (χ2v) is 7.52. The molecule has 1 aliphatic rings. The lowest BCUT2D eigenvalue weighted by atomic mass is 9.81. The molecule has 0 radical (unpaired) electrons. The zero-order valence-electron chi connectivity index (χ0n) is 16.8. The first-order valence-corrected chi connectivity index (χ1v) is 10.3. The molecule has 2 aromatic heterocycles. The summed E-state index contributed by atoms with van der Waals surface area (Å²) in [6.07, 6.45) is 9.93. The summed E-state index contributed by atoms with van der Waals surface area (Å²) in [6, 6.07) is 8.89. The molecule has 3 aromatic rings. The topological polar surface area (TPSA) is 105 Å². The van der Waals surface area contributed by atoms with E-state index < -0.39 is 0 Å². The number of hydrogen-bond acceptors (Lipinski definition) is 6. The van der Waals surface area contributed by atoms with Crippen molar-refractivity contribution in [3.63, 3.8) is 0 Å². The Hall–Kier alpha value is -3.09. The standard InChI is InChI=1S/C22H28N6O/c1-2-29-22-26-20(24)19-21(27-22)28(14-25-19)13-15-8-10-17(11-9-15)18(12-23)16-6-4-3-5-7-16/h8-12,14,16H,2-7,13,23H2,1H3,(H2,24,26,27)/b18-12+. The molecular weight excluding hydrogens is 364 g/mol. The van der Waals surface area contributed by atoms with Crippen molar-refractivity contribution >= 4 is 22.6 Å². The maximum absolute atomic E-state index is 6.01. The van der Waals surface area contributed by atoms with Crippen LogP contribution in [0.1, 0.15) is 50.2 Å². The molecule has 0 saturated heterocycles. The Labute approximate surface area is 170 Å². The molecule has 0 atom stereocenters. The highest BCUT2D eigenvalue weighted by molar-refractivity contribution is 5.82. The van der Waals surface area contributed by atoms with Crippen LogP contribution in [0.25, 0.3) is 16.7 Å². The number of rotatable bonds is 6. The molecule has 4 N–H and O–H groups in total. The highest BCUT2D eigenvalue weighted by Crippen LogP contribution is 2.35. The first kappa shape index (κ1) is 19.2. The number of nitrogens with zero attached hydrogens (tertiary/aromatic N) is 4. The van der Waals surface area contributed by atoms with Gasteiger partial charge in [-0.3, -0.25) is 0 Å². The van der Waals surface area contributed by atoms with Gasteiger partial charge in [0, 0.05) is 0 Å². The smallest absolute Gasteiger partial charge is 0.320 e. The van der Waals surface area contributed by atoms with Crippen molar-refractivity contribution in [2.45, 2.75) is 45.6 Å². The predicted octanol–water partition coefficient (Wildman–Crippen LogP) is 3.74. The lowest BCUT2D eigenvalue weighted by molar-refractivity contribution is 0.314. The van der Waals surface area contributed by atoms with Gasteiger partial charge in [0.25, 0.3) is 0 Å². The van der Waals surface area contributed by atoms with Gasteiger partial charge < -0.3 is 20.8 Å². The fourth-order valence-electron chi connectivity index (χ4n) is 4.14. The van der Waals surface area contributed by atoms with E-state index >= 15 is 0 Å². The maximum atomic E-state index is 6.01. The van der Waals surface area contributed by atoms with Gasteiger partial charge in [-0.25, -0.2) is 4.98 Å². The number of nitrogens with two attached hydrogens (primary N) is 2. The molecule has 0 aliphatic heterocycles. The van der Waals surface area contributed by atoms with E-state index in [9.17, 15) is 0 Å². The average molecular weight is 393 g/mol. The van der Waals surface area contributed by atoms with E-state index in [1.807, 2.05) is 11.5 Å². The van der Waals surface area contributed by atoms with Crippen molar-refractivity contribution in [3.05, 3.63) is 47.9 Å². The lowest BCUT2D eigenvalue weighted by Crippen LogP contribution is -2.10. The molecule has 1 fully saturated rings. The zero-order valence-corrected chi connectivity index (χ0v) is 16.8. The summed E-state index contributed by atoms with van der Waals surface area (Å²) in [7, 11) is 0. The number of imidazole rings is 1. The number of aromatic nitrogens is 4. The Morgan fingerprint density at radius 1 is 1.17 bits per heavy atom. The highest BCUT2D eigenvalue weighted by Gasteiger charge is 2.19.